The molecule has 0 aromatic carbocycles. The van der Waals surface area contributed by atoms with Crippen molar-refractivity contribution in [3.05, 3.63) is 23.2 Å². The van der Waals surface area contributed by atoms with E-state index >= 15 is 0 Å². The number of rotatable bonds is 1. The van der Waals surface area contributed by atoms with Crippen LogP contribution in [0.15, 0.2) is 12.3 Å². The first-order valence-corrected chi connectivity index (χ1v) is 3.10. The zero-order valence-electron chi connectivity index (χ0n) is 5.36. The van der Waals surface area contributed by atoms with Crippen molar-refractivity contribution in [2.45, 2.75) is 0 Å². The number of anilines is 1. The van der Waals surface area contributed by atoms with Crippen LogP contribution in [0.3, 0.4) is 0 Å². The largest absolute Gasteiger partial charge is 0.387 e. The average molecular weight is 161 g/mol. The molecule has 0 radical (unpaired) electrons. The van der Waals surface area contributed by atoms with Gasteiger partial charge in [-0.3, -0.25) is 0 Å². The second kappa shape index (κ2) is 2.84. The lowest BCUT2D eigenvalue weighted by Crippen LogP contribution is -1.90. The number of pyridine rings is 1. The third kappa shape index (κ3) is 1.36. The molecule has 1 rings (SSSR count). The predicted octanol–water partition coefficient (Wildman–Crippen LogP) is 1.92. The standard InChI is InChI=1S/C6H6ClFN2/c1-9-4-2-5(8)6(7)10-3-4/h2-3,9H,1H3. The van der Waals surface area contributed by atoms with Crippen molar-refractivity contribution >= 4 is 17.3 Å². The average Bonchev–Trinajstić information content (AvgIpc) is 1.95. The summed E-state index contributed by atoms with van der Waals surface area (Å²) in [6.07, 6.45) is 1.46. The third-order valence-corrected chi connectivity index (χ3v) is 1.36. The molecule has 0 bridgehead atoms. The van der Waals surface area contributed by atoms with Crippen molar-refractivity contribution in [2.75, 3.05) is 12.4 Å². The van der Waals surface area contributed by atoms with Gasteiger partial charge in [0.25, 0.3) is 0 Å². The zero-order chi connectivity index (χ0) is 7.56. The molecule has 1 aromatic rings. The van der Waals surface area contributed by atoms with E-state index in [9.17, 15) is 4.39 Å². The van der Waals surface area contributed by atoms with E-state index in [0.29, 0.717) is 5.69 Å². The van der Waals surface area contributed by atoms with E-state index in [1.54, 1.807) is 7.05 Å². The summed E-state index contributed by atoms with van der Waals surface area (Å²) in [6.45, 7) is 0. The molecule has 1 aromatic heterocycles. The van der Waals surface area contributed by atoms with E-state index in [-0.39, 0.29) is 5.15 Å². The predicted molar refractivity (Wildman–Crippen MR) is 38.8 cm³/mol. The van der Waals surface area contributed by atoms with Gasteiger partial charge in [0.15, 0.2) is 11.0 Å². The molecule has 0 amide bonds. The Morgan fingerprint density at radius 2 is 2.40 bits per heavy atom. The minimum atomic E-state index is -0.506. The summed E-state index contributed by atoms with van der Waals surface area (Å²) < 4.78 is 12.5. The van der Waals surface area contributed by atoms with Crippen molar-refractivity contribution < 1.29 is 4.39 Å². The van der Waals surface area contributed by atoms with Crippen LogP contribution in [-0.2, 0) is 0 Å². The van der Waals surface area contributed by atoms with Gasteiger partial charge < -0.3 is 5.32 Å². The van der Waals surface area contributed by atoms with Gasteiger partial charge in [-0.1, -0.05) is 11.6 Å². The highest BCUT2D eigenvalue weighted by Crippen LogP contribution is 2.14. The fourth-order valence-corrected chi connectivity index (χ4v) is 0.661. The van der Waals surface area contributed by atoms with Crippen LogP contribution in [0.2, 0.25) is 5.15 Å². The van der Waals surface area contributed by atoms with E-state index < -0.39 is 5.82 Å². The van der Waals surface area contributed by atoms with E-state index in [1.807, 2.05) is 0 Å². The Bertz CT molecular complexity index is 239. The van der Waals surface area contributed by atoms with Crippen LogP contribution < -0.4 is 5.32 Å². The molecule has 0 aliphatic carbocycles. The van der Waals surface area contributed by atoms with Crippen LogP contribution in [0.4, 0.5) is 10.1 Å². The highest BCUT2D eigenvalue weighted by molar-refractivity contribution is 6.29. The lowest BCUT2D eigenvalue weighted by Gasteiger charge is -1.98. The number of nitrogens with zero attached hydrogens (tertiary/aromatic N) is 1. The van der Waals surface area contributed by atoms with Crippen LogP contribution in [0.25, 0.3) is 0 Å². The molecule has 0 fully saturated rings. The lowest BCUT2D eigenvalue weighted by atomic mass is 10.4. The van der Waals surface area contributed by atoms with Crippen LogP contribution >= 0.6 is 11.6 Å². The molecule has 0 atom stereocenters. The second-order valence-corrected chi connectivity index (χ2v) is 2.10. The van der Waals surface area contributed by atoms with E-state index in [1.165, 1.54) is 12.3 Å². The zero-order valence-corrected chi connectivity index (χ0v) is 6.11. The van der Waals surface area contributed by atoms with Gasteiger partial charge in [-0.25, -0.2) is 9.37 Å². The molecular weight excluding hydrogens is 155 g/mol. The van der Waals surface area contributed by atoms with E-state index in [2.05, 4.69) is 10.3 Å². The molecule has 0 saturated carbocycles. The number of aromatic nitrogens is 1. The van der Waals surface area contributed by atoms with Crippen LogP contribution in [0, 0.1) is 5.82 Å². The summed E-state index contributed by atoms with van der Waals surface area (Å²) in [7, 11) is 1.68. The van der Waals surface area contributed by atoms with Crippen LogP contribution in [0.1, 0.15) is 0 Å². The molecular formula is C6H6ClFN2. The Hall–Kier alpha value is -0.830. The number of nitrogens with one attached hydrogen (secondary N) is 1. The minimum absolute atomic E-state index is 0.0981. The second-order valence-electron chi connectivity index (χ2n) is 1.75. The maximum Gasteiger partial charge on any atom is 0.164 e. The van der Waals surface area contributed by atoms with Crippen LogP contribution in [-0.4, -0.2) is 12.0 Å². The summed E-state index contributed by atoms with van der Waals surface area (Å²) in [5.74, 6) is -0.506. The molecule has 4 heteroatoms. The summed E-state index contributed by atoms with van der Waals surface area (Å²) >= 11 is 5.32. The highest BCUT2D eigenvalue weighted by Gasteiger charge is 1.99. The molecule has 10 heavy (non-hydrogen) atoms. The SMILES string of the molecule is CNc1cnc(Cl)c(F)c1. The summed E-state index contributed by atoms with van der Waals surface area (Å²) in [5.41, 5.74) is 0.613. The summed E-state index contributed by atoms with van der Waals surface area (Å²) in [5, 5.41) is 2.64. The lowest BCUT2D eigenvalue weighted by molar-refractivity contribution is 0.622. The molecule has 1 heterocycles. The van der Waals surface area contributed by atoms with Gasteiger partial charge in [0.1, 0.15) is 0 Å². The Kier molecular flexibility index (Phi) is 2.06. The van der Waals surface area contributed by atoms with Crippen molar-refractivity contribution in [1.29, 1.82) is 0 Å². The number of hydrogen-bond donors (Lipinski definition) is 1. The Morgan fingerprint density at radius 3 is 2.90 bits per heavy atom. The molecule has 2 nitrogen and oxygen atoms in total. The fraction of sp³-hybridized carbons (Fsp3) is 0.167. The van der Waals surface area contributed by atoms with Gasteiger partial charge >= 0.3 is 0 Å². The fourth-order valence-electron chi connectivity index (χ4n) is 0.558. The molecule has 54 valence electrons. The normalized spacial score (nSPS) is 9.50. The van der Waals surface area contributed by atoms with Crippen molar-refractivity contribution in [3.63, 3.8) is 0 Å². The first-order chi connectivity index (χ1) is 4.74. The summed E-state index contributed by atoms with van der Waals surface area (Å²) in [6, 6.07) is 1.29. The van der Waals surface area contributed by atoms with Gasteiger partial charge in [-0.05, 0) is 0 Å². The van der Waals surface area contributed by atoms with Gasteiger partial charge in [-0.15, -0.1) is 0 Å². The first kappa shape index (κ1) is 7.28. The third-order valence-electron chi connectivity index (χ3n) is 1.08. The Balaban J connectivity index is 3.04. The van der Waals surface area contributed by atoms with Crippen LogP contribution in [0.5, 0.6) is 0 Å². The van der Waals surface area contributed by atoms with Gasteiger partial charge in [0.05, 0.1) is 11.9 Å². The first-order valence-electron chi connectivity index (χ1n) is 2.73. The smallest absolute Gasteiger partial charge is 0.164 e. The molecule has 0 saturated heterocycles. The molecule has 0 aliphatic heterocycles. The van der Waals surface area contributed by atoms with E-state index in [0.717, 1.165) is 0 Å². The number of hydrogen-bond acceptors (Lipinski definition) is 2. The molecule has 0 unspecified atom stereocenters. The maximum absolute atomic E-state index is 12.5. The Morgan fingerprint density at radius 1 is 1.70 bits per heavy atom. The minimum Gasteiger partial charge on any atom is -0.387 e. The summed E-state index contributed by atoms with van der Waals surface area (Å²) in [4.78, 5) is 3.58. The van der Waals surface area contributed by atoms with Crippen molar-refractivity contribution in [1.82, 2.24) is 4.98 Å². The van der Waals surface area contributed by atoms with E-state index in [4.69, 9.17) is 11.6 Å². The molecule has 1 N–H and O–H groups in total. The van der Waals surface area contributed by atoms with Gasteiger partial charge in [0, 0.05) is 13.1 Å². The van der Waals surface area contributed by atoms with Gasteiger partial charge in [-0.2, -0.15) is 0 Å². The maximum atomic E-state index is 12.5. The van der Waals surface area contributed by atoms with Gasteiger partial charge in [0.2, 0.25) is 0 Å². The highest BCUT2D eigenvalue weighted by atomic mass is 35.5. The quantitative estimate of drug-likeness (QED) is 0.635. The number of halogens is 2. The monoisotopic (exact) mass is 160 g/mol. The Labute approximate surface area is 63.0 Å². The van der Waals surface area contributed by atoms with Crippen molar-refractivity contribution in [2.24, 2.45) is 0 Å². The molecule has 0 aliphatic rings. The molecule has 0 spiro atoms. The van der Waals surface area contributed by atoms with Crippen molar-refractivity contribution in [3.8, 4) is 0 Å². The topological polar surface area (TPSA) is 24.9 Å².